The van der Waals surface area contributed by atoms with Crippen molar-refractivity contribution in [2.24, 2.45) is 17.8 Å². The lowest BCUT2D eigenvalue weighted by molar-refractivity contribution is -0.147. The zero-order valence-electron chi connectivity index (χ0n) is 16.8. The van der Waals surface area contributed by atoms with Crippen molar-refractivity contribution in [2.75, 3.05) is 6.61 Å². The summed E-state index contributed by atoms with van der Waals surface area (Å²) < 4.78 is 25.1. The minimum absolute atomic E-state index is 0.0702. The Morgan fingerprint density at radius 1 is 1.16 bits per heavy atom. The van der Waals surface area contributed by atoms with Crippen LogP contribution in [-0.2, 0) is 14.3 Å². The van der Waals surface area contributed by atoms with Crippen LogP contribution in [0.15, 0.2) is 11.9 Å². The predicted molar refractivity (Wildman–Crippen MR) is 96.8 cm³/mol. The van der Waals surface area contributed by atoms with Crippen LogP contribution in [0, 0.1) is 17.8 Å². The van der Waals surface area contributed by atoms with Crippen LogP contribution in [-0.4, -0.2) is 30.3 Å². The molecule has 0 spiro atoms. The second kappa shape index (κ2) is 10.4. The number of amides is 1. The molecule has 0 radical (unpaired) electrons. The van der Waals surface area contributed by atoms with E-state index in [1.165, 1.54) is 6.08 Å². The Hall–Kier alpha value is -1.59. The van der Waals surface area contributed by atoms with Gasteiger partial charge in [0.15, 0.2) is 0 Å². The number of hydrogen-bond acceptors (Lipinski definition) is 4. The molecule has 3 unspecified atom stereocenters. The van der Waals surface area contributed by atoms with Crippen molar-refractivity contribution in [3.05, 3.63) is 11.9 Å². The highest BCUT2D eigenvalue weighted by Crippen LogP contribution is 2.24. The fourth-order valence-corrected chi connectivity index (χ4v) is 2.22. The van der Waals surface area contributed by atoms with Crippen LogP contribution in [0.4, 0.5) is 9.18 Å². The standard InChI is InChI=1S/C19H34FNO4/c1-9-13(5)14(17(22)24-10-2)11-15(20)16(12(3)4)21-18(23)25-19(6,7)8/h11-14,16H,9-10H2,1-8H3,(H,21,23)/b15-11-. The van der Waals surface area contributed by atoms with Crippen LogP contribution >= 0.6 is 0 Å². The largest absolute Gasteiger partial charge is 0.466 e. The molecule has 1 amide bonds. The molecule has 0 aromatic heterocycles. The van der Waals surface area contributed by atoms with Gasteiger partial charge in [-0.05, 0) is 45.6 Å². The fourth-order valence-electron chi connectivity index (χ4n) is 2.22. The fraction of sp³-hybridized carbons (Fsp3) is 0.789. The van der Waals surface area contributed by atoms with E-state index in [4.69, 9.17) is 9.47 Å². The van der Waals surface area contributed by atoms with Crippen molar-refractivity contribution in [3.63, 3.8) is 0 Å². The lowest BCUT2D eigenvalue weighted by Crippen LogP contribution is -2.42. The average molecular weight is 359 g/mol. The summed E-state index contributed by atoms with van der Waals surface area (Å²) in [5.74, 6) is -1.97. The Kier molecular flexibility index (Phi) is 9.75. The van der Waals surface area contributed by atoms with Gasteiger partial charge in [0.05, 0.1) is 18.6 Å². The molecule has 0 saturated heterocycles. The SMILES string of the molecule is CCOC(=O)C(/C=C(\F)C(NC(=O)OC(C)(C)C)C(C)C)C(C)CC. The first-order valence-corrected chi connectivity index (χ1v) is 8.96. The summed E-state index contributed by atoms with van der Waals surface area (Å²) in [6.45, 7) is 14.6. The maximum atomic E-state index is 14.8. The van der Waals surface area contributed by atoms with Crippen LogP contribution in [0.2, 0.25) is 0 Å². The van der Waals surface area contributed by atoms with Crippen molar-refractivity contribution >= 4 is 12.1 Å². The van der Waals surface area contributed by atoms with E-state index in [0.29, 0.717) is 6.42 Å². The van der Waals surface area contributed by atoms with Crippen LogP contribution in [0.5, 0.6) is 0 Å². The number of alkyl carbamates (subject to hydrolysis) is 1. The summed E-state index contributed by atoms with van der Waals surface area (Å²) in [4.78, 5) is 24.1. The predicted octanol–water partition coefficient (Wildman–Crippen LogP) is 4.61. The quantitative estimate of drug-likeness (QED) is 0.643. The summed E-state index contributed by atoms with van der Waals surface area (Å²) in [5, 5.41) is 2.55. The van der Waals surface area contributed by atoms with Crippen molar-refractivity contribution in [1.82, 2.24) is 5.32 Å². The van der Waals surface area contributed by atoms with Gasteiger partial charge in [-0.25, -0.2) is 9.18 Å². The van der Waals surface area contributed by atoms with Crippen molar-refractivity contribution in [1.29, 1.82) is 0 Å². The zero-order chi connectivity index (χ0) is 19.8. The molecule has 25 heavy (non-hydrogen) atoms. The van der Waals surface area contributed by atoms with E-state index in [1.54, 1.807) is 41.5 Å². The number of hydrogen-bond donors (Lipinski definition) is 1. The third-order valence-electron chi connectivity index (χ3n) is 3.79. The topological polar surface area (TPSA) is 64.6 Å². The third-order valence-corrected chi connectivity index (χ3v) is 3.79. The Bertz CT molecular complexity index is 469. The lowest BCUT2D eigenvalue weighted by Gasteiger charge is -2.26. The number of esters is 1. The van der Waals surface area contributed by atoms with Gasteiger partial charge in [0.1, 0.15) is 11.4 Å². The minimum atomic E-state index is -0.865. The van der Waals surface area contributed by atoms with E-state index in [0.717, 1.165) is 0 Å². The lowest BCUT2D eigenvalue weighted by atomic mass is 9.89. The van der Waals surface area contributed by atoms with Gasteiger partial charge in [-0.2, -0.15) is 0 Å². The van der Waals surface area contributed by atoms with Crippen molar-refractivity contribution < 1.29 is 23.5 Å². The van der Waals surface area contributed by atoms with Crippen LogP contribution in [0.1, 0.15) is 61.8 Å². The number of nitrogens with one attached hydrogen (secondary N) is 1. The molecule has 0 saturated carbocycles. The van der Waals surface area contributed by atoms with E-state index in [1.807, 2.05) is 13.8 Å². The maximum absolute atomic E-state index is 14.8. The van der Waals surface area contributed by atoms with E-state index in [9.17, 15) is 14.0 Å². The molecule has 5 nitrogen and oxygen atoms in total. The summed E-state index contributed by atoms with van der Waals surface area (Å²) in [5.41, 5.74) is -0.671. The van der Waals surface area contributed by atoms with Gasteiger partial charge in [0.2, 0.25) is 0 Å². The normalized spacial score (nSPS) is 16.2. The van der Waals surface area contributed by atoms with Gasteiger partial charge in [0.25, 0.3) is 0 Å². The van der Waals surface area contributed by atoms with Crippen molar-refractivity contribution in [3.8, 4) is 0 Å². The van der Waals surface area contributed by atoms with Crippen LogP contribution < -0.4 is 5.32 Å². The van der Waals surface area contributed by atoms with Crippen LogP contribution in [0.3, 0.4) is 0 Å². The summed E-state index contributed by atoms with van der Waals surface area (Å²) in [6.07, 6.45) is 1.29. The molecule has 6 heteroatoms. The molecule has 0 aliphatic heterocycles. The highest BCUT2D eigenvalue weighted by Gasteiger charge is 2.29. The molecule has 1 N–H and O–H groups in total. The second-order valence-electron chi connectivity index (χ2n) is 7.58. The molecular weight excluding hydrogens is 325 g/mol. The molecule has 0 aromatic carbocycles. The van der Waals surface area contributed by atoms with Gasteiger partial charge in [-0.1, -0.05) is 34.1 Å². The number of ether oxygens (including phenoxy) is 2. The van der Waals surface area contributed by atoms with Gasteiger partial charge in [-0.15, -0.1) is 0 Å². The molecule has 0 heterocycles. The first kappa shape index (κ1) is 23.4. The number of rotatable bonds is 8. The second-order valence-corrected chi connectivity index (χ2v) is 7.58. The molecular formula is C19H34FNO4. The first-order chi connectivity index (χ1) is 11.4. The van der Waals surface area contributed by atoms with Crippen molar-refractivity contribution in [2.45, 2.75) is 73.5 Å². The monoisotopic (exact) mass is 359 g/mol. The molecule has 3 atom stereocenters. The van der Waals surface area contributed by atoms with Crippen LogP contribution in [0.25, 0.3) is 0 Å². The first-order valence-electron chi connectivity index (χ1n) is 8.96. The van der Waals surface area contributed by atoms with E-state index in [-0.39, 0.29) is 18.4 Å². The Morgan fingerprint density at radius 2 is 1.72 bits per heavy atom. The van der Waals surface area contributed by atoms with E-state index in [2.05, 4.69) is 5.32 Å². The summed E-state index contributed by atoms with van der Waals surface area (Å²) in [6, 6.07) is -0.865. The minimum Gasteiger partial charge on any atom is -0.466 e. The maximum Gasteiger partial charge on any atom is 0.408 e. The molecule has 0 aliphatic carbocycles. The summed E-state index contributed by atoms with van der Waals surface area (Å²) >= 11 is 0. The number of carbonyl (C=O) groups excluding carboxylic acids is 2. The smallest absolute Gasteiger partial charge is 0.408 e. The number of carbonyl (C=O) groups is 2. The molecule has 146 valence electrons. The van der Waals surface area contributed by atoms with Gasteiger partial charge in [0, 0.05) is 0 Å². The molecule has 0 bridgehead atoms. The molecule has 0 aliphatic rings. The van der Waals surface area contributed by atoms with Gasteiger partial charge < -0.3 is 14.8 Å². The van der Waals surface area contributed by atoms with Gasteiger partial charge in [-0.3, -0.25) is 4.79 Å². The average Bonchev–Trinajstić information content (AvgIpc) is 2.47. The zero-order valence-corrected chi connectivity index (χ0v) is 16.8. The van der Waals surface area contributed by atoms with Gasteiger partial charge >= 0.3 is 12.1 Å². The van der Waals surface area contributed by atoms with E-state index >= 15 is 0 Å². The molecule has 0 aromatic rings. The van der Waals surface area contributed by atoms with E-state index < -0.39 is 35.5 Å². The highest BCUT2D eigenvalue weighted by molar-refractivity contribution is 5.75. The Morgan fingerprint density at radius 3 is 2.12 bits per heavy atom. The third kappa shape index (κ3) is 8.89. The summed E-state index contributed by atoms with van der Waals surface area (Å²) in [7, 11) is 0. The molecule has 0 fully saturated rings. The highest BCUT2D eigenvalue weighted by atomic mass is 19.1. The Labute approximate surface area is 151 Å². The Balaban J connectivity index is 5.38. The number of halogens is 1. The molecule has 0 rings (SSSR count).